The topological polar surface area (TPSA) is 60.9 Å². The van der Waals surface area contributed by atoms with Crippen LogP contribution in [0.5, 0.6) is 0 Å². The zero-order chi connectivity index (χ0) is 21.3. The molecule has 166 valence electrons. The molecule has 1 aliphatic carbocycles. The maximum absolute atomic E-state index is 13.1. The van der Waals surface area contributed by atoms with Crippen molar-refractivity contribution in [1.82, 2.24) is 14.1 Å². The van der Waals surface area contributed by atoms with Crippen molar-refractivity contribution in [2.24, 2.45) is 11.8 Å². The highest BCUT2D eigenvalue weighted by Gasteiger charge is 2.34. The number of nitrogens with zero attached hydrogens (tertiary/aromatic N) is 3. The van der Waals surface area contributed by atoms with Gasteiger partial charge in [0, 0.05) is 39.3 Å². The lowest BCUT2D eigenvalue weighted by Gasteiger charge is -2.42. The number of sulfonamides is 1. The van der Waals surface area contributed by atoms with E-state index in [0.29, 0.717) is 43.5 Å². The Labute approximate surface area is 181 Å². The third-order valence-electron chi connectivity index (χ3n) is 7.30. The number of carbonyl (C=O) groups excluding carboxylic acids is 1. The number of piperazine rings is 1. The van der Waals surface area contributed by atoms with Gasteiger partial charge in [0.2, 0.25) is 15.9 Å². The number of hydrogen-bond donors (Lipinski definition) is 0. The highest BCUT2D eigenvalue weighted by Crippen LogP contribution is 2.36. The Morgan fingerprint density at radius 2 is 1.67 bits per heavy atom. The predicted molar refractivity (Wildman–Crippen MR) is 118 cm³/mol. The average Bonchev–Trinajstić information content (AvgIpc) is 2.75. The van der Waals surface area contributed by atoms with E-state index in [0.717, 1.165) is 36.6 Å². The lowest BCUT2D eigenvalue weighted by atomic mass is 9.75. The molecule has 2 heterocycles. The summed E-state index contributed by atoms with van der Waals surface area (Å²) in [5, 5.41) is 0. The fourth-order valence-electron chi connectivity index (χ4n) is 5.37. The van der Waals surface area contributed by atoms with Crippen LogP contribution in [-0.2, 0) is 14.8 Å². The van der Waals surface area contributed by atoms with Crippen molar-refractivity contribution in [2.75, 3.05) is 45.8 Å². The Hall–Kier alpha value is -1.44. The van der Waals surface area contributed by atoms with Crippen molar-refractivity contribution < 1.29 is 13.2 Å². The predicted octanol–water partition coefficient (Wildman–Crippen LogP) is 2.65. The Kier molecular flexibility index (Phi) is 6.51. The van der Waals surface area contributed by atoms with Crippen molar-refractivity contribution in [3.8, 4) is 0 Å². The van der Waals surface area contributed by atoms with Gasteiger partial charge >= 0.3 is 0 Å². The molecule has 6 nitrogen and oxygen atoms in total. The minimum Gasteiger partial charge on any atom is -0.341 e. The van der Waals surface area contributed by atoms with E-state index < -0.39 is 10.0 Å². The van der Waals surface area contributed by atoms with E-state index >= 15 is 0 Å². The molecule has 0 bridgehead atoms. The first-order valence-electron chi connectivity index (χ1n) is 11.4. The summed E-state index contributed by atoms with van der Waals surface area (Å²) in [6.07, 6.45) is 6.41. The summed E-state index contributed by atoms with van der Waals surface area (Å²) in [4.78, 5) is 17.5. The molecule has 3 aliphatic rings. The molecule has 2 saturated heterocycles. The van der Waals surface area contributed by atoms with Gasteiger partial charge in [-0.05, 0) is 55.7 Å². The first-order chi connectivity index (χ1) is 14.3. The van der Waals surface area contributed by atoms with Gasteiger partial charge < -0.3 is 4.90 Å². The van der Waals surface area contributed by atoms with Gasteiger partial charge in [0.15, 0.2) is 0 Å². The van der Waals surface area contributed by atoms with Crippen molar-refractivity contribution in [3.05, 3.63) is 29.3 Å². The van der Waals surface area contributed by atoms with Gasteiger partial charge in [-0.15, -0.1) is 0 Å². The standard InChI is InChI=1S/C23H35N3O3S/c1-18-7-8-19(2)22(15-18)30(28,29)26-13-11-24(12-14-26)17-23(27)25-10-9-20-5-3-4-6-21(20)16-25/h7-8,15,20-21H,3-6,9-14,16-17H2,1-2H3/t20-,21-/m0/s1. The molecule has 0 radical (unpaired) electrons. The smallest absolute Gasteiger partial charge is 0.243 e. The molecule has 0 aromatic heterocycles. The molecule has 2 aliphatic heterocycles. The molecule has 1 aromatic rings. The van der Waals surface area contributed by atoms with E-state index in [-0.39, 0.29) is 5.91 Å². The van der Waals surface area contributed by atoms with Gasteiger partial charge in [0.05, 0.1) is 11.4 Å². The quantitative estimate of drug-likeness (QED) is 0.732. The number of carbonyl (C=O) groups is 1. The number of benzene rings is 1. The fourth-order valence-corrected chi connectivity index (χ4v) is 7.10. The van der Waals surface area contributed by atoms with Gasteiger partial charge in [-0.1, -0.05) is 31.4 Å². The average molecular weight is 434 g/mol. The van der Waals surface area contributed by atoms with Crippen LogP contribution in [0, 0.1) is 25.7 Å². The van der Waals surface area contributed by atoms with Crippen molar-refractivity contribution in [1.29, 1.82) is 0 Å². The minimum absolute atomic E-state index is 0.213. The van der Waals surface area contributed by atoms with Gasteiger partial charge in [-0.3, -0.25) is 9.69 Å². The molecule has 3 fully saturated rings. The van der Waals surface area contributed by atoms with E-state index in [2.05, 4.69) is 9.80 Å². The maximum atomic E-state index is 13.1. The summed E-state index contributed by atoms with van der Waals surface area (Å²) >= 11 is 0. The molecule has 0 unspecified atom stereocenters. The van der Waals surface area contributed by atoms with Crippen molar-refractivity contribution in [2.45, 2.75) is 50.8 Å². The molecule has 4 rings (SSSR count). The summed E-state index contributed by atoms with van der Waals surface area (Å²) < 4.78 is 27.8. The normalized spacial score (nSPS) is 26.4. The summed E-state index contributed by atoms with van der Waals surface area (Å²) in [6, 6.07) is 5.57. The Bertz CT molecular complexity index is 878. The molecule has 7 heteroatoms. The summed E-state index contributed by atoms with van der Waals surface area (Å²) in [5.74, 6) is 1.72. The summed E-state index contributed by atoms with van der Waals surface area (Å²) in [6.45, 7) is 8.07. The minimum atomic E-state index is -3.49. The summed E-state index contributed by atoms with van der Waals surface area (Å²) in [5.41, 5.74) is 1.73. The first-order valence-corrected chi connectivity index (χ1v) is 12.9. The molecular formula is C23H35N3O3S. The van der Waals surface area contributed by atoms with Crippen LogP contribution in [0.4, 0.5) is 0 Å². The van der Waals surface area contributed by atoms with E-state index in [1.807, 2.05) is 26.0 Å². The lowest BCUT2D eigenvalue weighted by Crippen LogP contribution is -2.53. The van der Waals surface area contributed by atoms with Crippen LogP contribution in [0.1, 0.15) is 43.2 Å². The molecular weight excluding hydrogens is 398 g/mol. The van der Waals surface area contributed by atoms with E-state index in [1.165, 1.54) is 25.7 Å². The second-order valence-corrected chi connectivity index (χ2v) is 11.3. The van der Waals surface area contributed by atoms with Crippen LogP contribution in [0.15, 0.2) is 23.1 Å². The van der Waals surface area contributed by atoms with Gasteiger partial charge in [0.25, 0.3) is 0 Å². The molecule has 1 amide bonds. The van der Waals surface area contributed by atoms with Crippen LogP contribution in [-0.4, -0.2) is 74.2 Å². The molecule has 0 N–H and O–H groups in total. The summed E-state index contributed by atoms with van der Waals surface area (Å²) in [7, 11) is -3.49. The highest BCUT2D eigenvalue weighted by atomic mass is 32.2. The molecule has 0 spiro atoms. The van der Waals surface area contributed by atoms with Crippen molar-refractivity contribution in [3.63, 3.8) is 0 Å². The van der Waals surface area contributed by atoms with Crippen LogP contribution in [0.2, 0.25) is 0 Å². The maximum Gasteiger partial charge on any atom is 0.243 e. The Balaban J connectivity index is 1.31. The number of amides is 1. The monoisotopic (exact) mass is 433 g/mol. The van der Waals surface area contributed by atoms with E-state index in [9.17, 15) is 13.2 Å². The van der Waals surface area contributed by atoms with Crippen LogP contribution in [0.3, 0.4) is 0 Å². The Morgan fingerprint density at radius 1 is 0.967 bits per heavy atom. The molecule has 2 atom stereocenters. The van der Waals surface area contributed by atoms with Gasteiger partial charge in [-0.2, -0.15) is 4.31 Å². The Morgan fingerprint density at radius 3 is 2.40 bits per heavy atom. The third kappa shape index (κ3) is 4.58. The largest absolute Gasteiger partial charge is 0.341 e. The number of hydrogen-bond acceptors (Lipinski definition) is 4. The number of piperidine rings is 1. The second kappa shape index (κ2) is 8.97. The zero-order valence-electron chi connectivity index (χ0n) is 18.3. The number of rotatable bonds is 4. The van der Waals surface area contributed by atoms with E-state index in [1.54, 1.807) is 10.4 Å². The van der Waals surface area contributed by atoms with Crippen LogP contribution < -0.4 is 0 Å². The number of aryl methyl sites for hydroxylation is 2. The number of fused-ring (bicyclic) bond motifs is 1. The SMILES string of the molecule is Cc1ccc(C)c(S(=O)(=O)N2CCN(CC(=O)N3CC[C@@H]4CCCC[C@H]4C3)CC2)c1. The highest BCUT2D eigenvalue weighted by molar-refractivity contribution is 7.89. The van der Waals surface area contributed by atoms with Gasteiger partial charge in [-0.25, -0.2) is 8.42 Å². The molecule has 1 aromatic carbocycles. The van der Waals surface area contributed by atoms with Crippen LogP contribution in [0.25, 0.3) is 0 Å². The number of likely N-dealkylation sites (tertiary alicyclic amines) is 1. The first kappa shape index (κ1) is 21.8. The van der Waals surface area contributed by atoms with Gasteiger partial charge in [0.1, 0.15) is 0 Å². The third-order valence-corrected chi connectivity index (χ3v) is 9.34. The molecule has 30 heavy (non-hydrogen) atoms. The fraction of sp³-hybridized carbons (Fsp3) is 0.696. The second-order valence-electron chi connectivity index (χ2n) is 9.38. The van der Waals surface area contributed by atoms with Crippen molar-refractivity contribution >= 4 is 15.9 Å². The van der Waals surface area contributed by atoms with Crippen LogP contribution >= 0.6 is 0 Å². The lowest BCUT2D eigenvalue weighted by molar-refractivity contribution is -0.135. The zero-order valence-corrected chi connectivity index (χ0v) is 19.2. The van der Waals surface area contributed by atoms with E-state index in [4.69, 9.17) is 0 Å². The molecule has 1 saturated carbocycles.